The molecule has 0 aliphatic carbocycles. The van der Waals surface area contributed by atoms with Crippen LogP contribution in [0, 0.1) is 13.8 Å². The van der Waals surface area contributed by atoms with Gasteiger partial charge in [0, 0.05) is 29.6 Å². The van der Waals surface area contributed by atoms with Crippen LogP contribution < -0.4 is 4.74 Å². The van der Waals surface area contributed by atoms with Crippen molar-refractivity contribution in [1.82, 2.24) is 14.8 Å². The van der Waals surface area contributed by atoms with E-state index >= 15 is 0 Å². The first-order valence-corrected chi connectivity index (χ1v) is 10.2. The molecule has 0 aliphatic rings. The van der Waals surface area contributed by atoms with Gasteiger partial charge in [0.2, 0.25) is 5.89 Å². The van der Waals surface area contributed by atoms with Gasteiger partial charge in [0.1, 0.15) is 5.75 Å². The number of ether oxygens (including phenoxy) is 2. The molecule has 0 aliphatic heterocycles. The summed E-state index contributed by atoms with van der Waals surface area (Å²) in [5.74, 6) is 1.43. The second-order valence-electron chi connectivity index (χ2n) is 6.77. The van der Waals surface area contributed by atoms with Gasteiger partial charge in [-0.3, -0.25) is 4.79 Å². The van der Waals surface area contributed by atoms with E-state index in [0.717, 1.165) is 22.7 Å². The van der Waals surface area contributed by atoms with Crippen LogP contribution in [0.15, 0.2) is 40.0 Å². The minimum absolute atomic E-state index is 0.0307. The zero-order chi connectivity index (χ0) is 21.0. The van der Waals surface area contributed by atoms with Crippen LogP contribution in [0.3, 0.4) is 0 Å². The fourth-order valence-corrected chi connectivity index (χ4v) is 4.02. The lowest BCUT2D eigenvalue weighted by Gasteiger charge is -2.17. The lowest BCUT2D eigenvalue weighted by Crippen LogP contribution is -2.14. The van der Waals surface area contributed by atoms with Gasteiger partial charge >= 0.3 is 0 Å². The smallest absolute Gasteiger partial charge is 0.277 e. The standard InChI is InChI=1S/C21H25N3O4S/c1-13-10-18(15(3)24(13)14(2)11-26-4)19(25)12-29-21-23-22-20(28-21)16-6-8-17(27-5)9-7-16/h6-10,14H,11-12H2,1-5H3/t14-/m0/s1. The van der Waals surface area contributed by atoms with Crippen LogP contribution in [0.5, 0.6) is 5.75 Å². The first-order chi connectivity index (χ1) is 13.9. The summed E-state index contributed by atoms with van der Waals surface area (Å²) in [5, 5.41) is 8.47. The van der Waals surface area contributed by atoms with Crippen molar-refractivity contribution in [3.8, 4) is 17.2 Å². The number of methoxy groups -OCH3 is 2. The average Bonchev–Trinajstić information content (AvgIpc) is 3.30. The van der Waals surface area contributed by atoms with E-state index in [9.17, 15) is 4.79 Å². The summed E-state index contributed by atoms with van der Waals surface area (Å²) in [6, 6.07) is 9.45. The van der Waals surface area contributed by atoms with E-state index in [1.807, 2.05) is 44.2 Å². The van der Waals surface area contributed by atoms with Gasteiger partial charge in [-0.1, -0.05) is 11.8 Å². The lowest BCUT2D eigenvalue weighted by atomic mass is 10.2. The van der Waals surface area contributed by atoms with Gasteiger partial charge in [-0.05, 0) is 51.1 Å². The molecule has 7 nitrogen and oxygen atoms in total. The number of thioether (sulfide) groups is 1. The summed E-state index contributed by atoms with van der Waals surface area (Å²) >= 11 is 1.24. The van der Waals surface area contributed by atoms with E-state index in [2.05, 4.69) is 21.7 Å². The normalized spacial score (nSPS) is 12.2. The minimum atomic E-state index is 0.0307. The van der Waals surface area contributed by atoms with Crippen LogP contribution in [0.25, 0.3) is 11.5 Å². The maximum absolute atomic E-state index is 12.8. The molecule has 0 bridgehead atoms. The topological polar surface area (TPSA) is 79.4 Å². The Bertz CT molecular complexity index is 978. The van der Waals surface area contributed by atoms with E-state index in [1.165, 1.54) is 11.8 Å². The second kappa shape index (κ2) is 9.28. The monoisotopic (exact) mass is 415 g/mol. The Hall–Kier alpha value is -2.58. The van der Waals surface area contributed by atoms with Crippen molar-refractivity contribution in [2.24, 2.45) is 0 Å². The van der Waals surface area contributed by atoms with Crippen LogP contribution in [0.4, 0.5) is 0 Å². The van der Waals surface area contributed by atoms with Crippen LogP contribution in [0.2, 0.25) is 0 Å². The second-order valence-corrected chi connectivity index (χ2v) is 7.70. The maximum Gasteiger partial charge on any atom is 0.277 e. The maximum atomic E-state index is 12.8. The molecule has 8 heteroatoms. The minimum Gasteiger partial charge on any atom is -0.497 e. The Kier molecular flexibility index (Phi) is 6.76. The highest BCUT2D eigenvalue weighted by Crippen LogP contribution is 2.27. The third-order valence-electron chi connectivity index (χ3n) is 4.70. The number of nitrogens with zero attached hydrogens (tertiary/aromatic N) is 3. The molecular formula is C21H25N3O4S. The van der Waals surface area contributed by atoms with Crippen molar-refractivity contribution in [3.05, 3.63) is 47.3 Å². The molecule has 0 fully saturated rings. The van der Waals surface area contributed by atoms with Gasteiger partial charge in [-0.2, -0.15) is 0 Å². The third kappa shape index (κ3) is 4.71. The molecule has 1 aromatic carbocycles. The molecule has 2 aromatic heterocycles. The molecule has 0 amide bonds. The highest BCUT2D eigenvalue weighted by molar-refractivity contribution is 7.99. The number of aryl methyl sites for hydroxylation is 1. The van der Waals surface area contributed by atoms with E-state index in [0.29, 0.717) is 23.3 Å². The number of hydrogen-bond acceptors (Lipinski definition) is 7. The predicted molar refractivity (Wildman–Crippen MR) is 112 cm³/mol. The average molecular weight is 416 g/mol. The SMILES string of the molecule is COC[C@H](C)n1c(C)cc(C(=O)CSc2nnc(-c3ccc(OC)cc3)o2)c1C. The largest absolute Gasteiger partial charge is 0.497 e. The molecule has 2 heterocycles. The molecule has 3 aromatic rings. The van der Waals surface area contributed by atoms with Crippen molar-refractivity contribution in [2.75, 3.05) is 26.6 Å². The fourth-order valence-electron chi connectivity index (χ4n) is 3.38. The third-order valence-corrected chi connectivity index (χ3v) is 5.52. The summed E-state index contributed by atoms with van der Waals surface area (Å²) in [5.41, 5.74) is 3.50. The van der Waals surface area contributed by atoms with Crippen molar-refractivity contribution in [3.63, 3.8) is 0 Å². The number of aromatic nitrogens is 3. The molecule has 29 heavy (non-hydrogen) atoms. The molecule has 0 spiro atoms. The van der Waals surface area contributed by atoms with Crippen LogP contribution in [-0.2, 0) is 4.74 Å². The zero-order valence-electron chi connectivity index (χ0n) is 17.3. The lowest BCUT2D eigenvalue weighted by molar-refractivity contribution is 0.102. The van der Waals surface area contributed by atoms with E-state index in [-0.39, 0.29) is 17.6 Å². The van der Waals surface area contributed by atoms with E-state index in [4.69, 9.17) is 13.9 Å². The Labute approximate surface area is 174 Å². The first kappa shape index (κ1) is 21.1. The summed E-state index contributed by atoms with van der Waals surface area (Å²) in [6.45, 7) is 6.63. The molecule has 1 atom stereocenters. The van der Waals surface area contributed by atoms with Crippen molar-refractivity contribution >= 4 is 17.5 Å². The molecular weight excluding hydrogens is 390 g/mol. The van der Waals surface area contributed by atoms with Gasteiger partial charge < -0.3 is 18.5 Å². The van der Waals surface area contributed by atoms with Gasteiger partial charge in [0.15, 0.2) is 5.78 Å². The molecule has 0 saturated carbocycles. The number of Topliss-reactive ketones (excluding diaryl/α,β-unsaturated/α-hetero) is 1. The zero-order valence-corrected chi connectivity index (χ0v) is 18.1. The van der Waals surface area contributed by atoms with Gasteiger partial charge in [0.05, 0.1) is 25.5 Å². The highest BCUT2D eigenvalue weighted by Gasteiger charge is 2.20. The van der Waals surface area contributed by atoms with Crippen LogP contribution >= 0.6 is 11.8 Å². The summed E-state index contributed by atoms with van der Waals surface area (Å²) in [6.07, 6.45) is 0. The Balaban J connectivity index is 1.67. The van der Waals surface area contributed by atoms with Crippen molar-refractivity contribution in [2.45, 2.75) is 32.0 Å². The van der Waals surface area contributed by atoms with Crippen LogP contribution in [-0.4, -0.2) is 47.1 Å². The van der Waals surface area contributed by atoms with Crippen molar-refractivity contribution in [1.29, 1.82) is 0 Å². The van der Waals surface area contributed by atoms with Gasteiger partial charge in [0.25, 0.3) is 5.22 Å². The Morgan fingerprint density at radius 3 is 2.59 bits per heavy atom. The number of carbonyl (C=O) groups is 1. The van der Waals surface area contributed by atoms with Gasteiger partial charge in [-0.25, -0.2) is 0 Å². The number of carbonyl (C=O) groups excluding carboxylic acids is 1. The van der Waals surface area contributed by atoms with Crippen LogP contribution in [0.1, 0.15) is 34.7 Å². The highest BCUT2D eigenvalue weighted by atomic mass is 32.2. The Morgan fingerprint density at radius 1 is 1.21 bits per heavy atom. The summed E-state index contributed by atoms with van der Waals surface area (Å²) in [7, 11) is 3.29. The Morgan fingerprint density at radius 2 is 1.93 bits per heavy atom. The summed E-state index contributed by atoms with van der Waals surface area (Å²) < 4.78 is 18.2. The molecule has 0 N–H and O–H groups in total. The molecule has 0 unspecified atom stereocenters. The molecule has 154 valence electrons. The fraction of sp³-hybridized carbons (Fsp3) is 0.381. The van der Waals surface area contributed by atoms with E-state index in [1.54, 1.807) is 14.2 Å². The molecule has 0 saturated heterocycles. The predicted octanol–water partition coefficient (Wildman–Crippen LogP) is 4.35. The first-order valence-electron chi connectivity index (χ1n) is 9.25. The quantitative estimate of drug-likeness (QED) is 0.380. The summed E-state index contributed by atoms with van der Waals surface area (Å²) in [4.78, 5) is 12.8. The van der Waals surface area contributed by atoms with Gasteiger partial charge in [-0.15, -0.1) is 10.2 Å². The van der Waals surface area contributed by atoms with Crippen molar-refractivity contribution < 1.29 is 18.7 Å². The number of hydrogen-bond donors (Lipinski definition) is 0. The number of ketones is 1. The van der Waals surface area contributed by atoms with E-state index < -0.39 is 0 Å². The molecule has 0 radical (unpaired) electrons. The number of rotatable bonds is 9. The molecule has 3 rings (SSSR count). The number of benzene rings is 1.